The zero-order valence-electron chi connectivity index (χ0n) is 16.8. The zero-order chi connectivity index (χ0) is 22.1. The molecule has 3 rings (SSSR count). The number of fused-ring (bicyclic) bond motifs is 3. The van der Waals surface area contributed by atoms with E-state index in [0.29, 0.717) is 29.8 Å². The molecule has 2 N–H and O–H groups in total. The van der Waals surface area contributed by atoms with E-state index in [2.05, 4.69) is 27.1 Å². The highest BCUT2D eigenvalue weighted by Gasteiger charge is 2.31. The van der Waals surface area contributed by atoms with Gasteiger partial charge in [-0.05, 0) is 36.5 Å². The van der Waals surface area contributed by atoms with Crippen molar-refractivity contribution in [2.24, 2.45) is 5.41 Å². The second-order valence-electron chi connectivity index (χ2n) is 7.80. The summed E-state index contributed by atoms with van der Waals surface area (Å²) in [6, 6.07) is 3.25. The Balaban J connectivity index is 2.22. The maximum absolute atomic E-state index is 13.2. The molecule has 6 nitrogen and oxygen atoms in total. The van der Waals surface area contributed by atoms with E-state index in [9.17, 15) is 18.0 Å². The number of hydrogen-bond acceptors (Lipinski definition) is 5. The SMILES string of the molecule is CC(C)(C)C(=O)C#Cc1cnc2c(NCCCO)nc3cc(C(F)(F)F)ccc3n12. The van der Waals surface area contributed by atoms with Crippen LogP contribution in [0.5, 0.6) is 0 Å². The van der Waals surface area contributed by atoms with E-state index in [-0.39, 0.29) is 23.7 Å². The molecular weight excluding hydrogens is 397 g/mol. The number of imidazole rings is 1. The van der Waals surface area contributed by atoms with Crippen molar-refractivity contribution in [3.63, 3.8) is 0 Å². The summed E-state index contributed by atoms with van der Waals surface area (Å²) in [5.74, 6) is 5.38. The Morgan fingerprint density at radius 3 is 2.63 bits per heavy atom. The van der Waals surface area contributed by atoms with E-state index in [1.807, 2.05) is 0 Å². The minimum Gasteiger partial charge on any atom is -0.396 e. The number of halogens is 3. The van der Waals surface area contributed by atoms with Crippen LogP contribution in [0.25, 0.3) is 16.7 Å². The van der Waals surface area contributed by atoms with Gasteiger partial charge in [0.15, 0.2) is 11.5 Å². The maximum atomic E-state index is 13.2. The molecule has 2 heterocycles. The van der Waals surface area contributed by atoms with Crippen molar-refractivity contribution in [3.8, 4) is 11.8 Å². The molecule has 0 aliphatic heterocycles. The molecule has 3 aromatic rings. The first kappa shape index (κ1) is 21.6. The molecule has 0 spiro atoms. The molecule has 0 fully saturated rings. The van der Waals surface area contributed by atoms with Gasteiger partial charge in [0.25, 0.3) is 0 Å². The van der Waals surface area contributed by atoms with Crippen molar-refractivity contribution in [2.75, 3.05) is 18.5 Å². The summed E-state index contributed by atoms with van der Waals surface area (Å²) in [6.45, 7) is 5.56. The second kappa shape index (κ2) is 7.95. The number of hydrogen-bond donors (Lipinski definition) is 2. The Bertz CT molecular complexity index is 1160. The molecule has 0 atom stereocenters. The first-order chi connectivity index (χ1) is 14.0. The molecule has 1 aromatic carbocycles. The molecule has 0 unspecified atom stereocenters. The molecule has 0 aliphatic carbocycles. The lowest BCUT2D eigenvalue weighted by molar-refractivity contribution is -0.137. The Kier molecular flexibility index (Phi) is 5.72. The van der Waals surface area contributed by atoms with Gasteiger partial charge in [-0.2, -0.15) is 13.2 Å². The van der Waals surface area contributed by atoms with Gasteiger partial charge < -0.3 is 10.4 Å². The lowest BCUT2D eigenvalue weighted by Crippen LogP contribution is -2.17. The predicted octanol–water partition coefficient (Wildman–Crippen LogP) is 3.66. The standard InChI is InChI=1S/C21H21F3N4O2/c1-20(2,3)17(30)8-6-14-12-26-19-18(25-9-4-10-29)27-15-11-13(21(22,23)24)5-7-16(15)28(14)19/h5,7,11-12,29H,4,9-10H2,1-3H3,(H,25,27). The summed E-state index contributed by atoms with van der Waals surface area (Å²) in [6.07, 6.45) is -2.62. The van der Waals surface area contributed by atoms with Crippen LogP contribution in [0.3, 0.4) is 0 Å². The van der Waals surface area contributed by atoms with E-state index >= 15 is 0 Å². The summed E-state index contributed by atoms with van der Waals surface area (Å²) in [4.78, 5) is 20.8. The van der Waals surface area contributed by atoms with E-state index < -0.39 is 17.2 Å². The number of aromatic nitrogens is 3. The maximum Gasteiger partial charge on any atom is 0.416 e. The van der Waals surface area contributed by atoms with Crippen LogP contribution in [0.1, 0.15) is 38.4 Å². The number of rotatable bonds is 4. The summed E-state index contributed by atoms with van der Waals surface area (Å²) < 4.78 is 41.1. The van der Waals surface area contributed by atoms with Crippen molar-refractivity contribution in [1.29, 1.82) is 0 Å². The van der Waals surface area contributed by atoms with Crippen LogP contribution in [0.2, 0.25) is 0 Å². The van der Waals surface area contributed by atoms with Gasteiger partial charge >= 0.3 is 6.18 Å². The smallest absolute Gasteiger partial charge is 0.396 e. The van der Waals surface area contributed by atoms with Crippen LogP contribution in [-0.2, 0) is 11.0 Å². The number of carbonyl (C=O) groups excluding carboxylic acids is 1. The number of nitrogens with zero attached hydrogens (tertiary/aromatic N) is 3. The molecule has 0 aliphatic rings. The lowest BCUT2D eigenvalue weighted by Gasteiger charge is -2.12. The van der Waals surface area contributed by atoms with Gasteiger partial charge in [0, 0.05) is 18.6 Å². The average Bonchev–Trinajstić information content (AvgIpc) is 3.08. The van der Waals surface area contributed by atoms with Gasteiger partial charge in [-0.25, -0.2) is 9.97 Å². The topological polar surface area (TPSA) is 79.5 Å². The molecule has 0 amide bonds. The number of aliphatic hydroxyl groups is 1. The molecule has 158 valence electrons. The third-order valence-corrected chi connectivity index (χ3v) is 4.36. The highest BCUT2D eigenvalue weighted by atomic mass is 19.4. The Morgan fingerprint density at radius 1 is 1.27 bits per heavy atom. The van der Waals surface area contributed by atoms with Crippen LogP contribution < -0.4 is 5.32 Å². The molecule has 0 radical (unpaired) electrons. The second-order valence-corrected chi connectivity index (χ2v) is 7.80. The number of benzene rings is 1. The molecule has 2 aromatic heterocycles. The minimum atomic E-state index is -4.51. The number of Topliss-reactive ketones (excluding diaryl/α,β-unsaturated/α-hetero) is 1. The van der Waals surface area contributed by atoms with Crippen LogP contribution in [0.15, 0.2) is 24.4 Å². The number of aliphatic hydroxyl groups excluding tert-OH is 1. The van der Waals surface area contributed by atoms with Crippen LogP contribution in [0, 0.1) is 17.3 Å². The number of anilines is 1. The fourth-order valence-electron chi connectivity index (χ4n) is 2.71. The monoisotopic (exact) mass is 418 g/mol. The summed E-state index contributed by atoms with van der Waals surface area (Å²) in [5.41, 5.74) is -0.246. The molecule has 9 heteroatoms. The summed E-state index contributed by atoms with van der Waals surface area (Å²) >= 11 is 0. The Hall–Kier alpha value is -3.12. The highest BCUT2D eigenvalue weighted by molar-refractivity contribution is 5.99. The fourth-order valence-corrected chi connectivity index (χ4v) is 2.71. The van der Waals surface area contributed by atoms with Gasteiger partial charge in [-0.15, -0.1) is 0 Å². The van der Waals surface area contributed by atoms with Crippen molar-refractivity contribution in [3.05, 3.63) is 35.7 Å². The van der Waals surface area contributed by atoms with E-state index in [4.69, 9.17) is 5.11 Å². The lowest BCUT2D eigenvalue weighted by atomic mass is 9.91. The highest BCUT2D eigenvalue weighted by Crippen LogP contribution is 2.32. The average molecular weight is 418 g/mol. The van der Waals surface area contributed by atoms with Crippen molar-refractivity contribution in [1.82, 2.24) is 14.4 Å². The van der Waals surface area contributed by atoms with E-state index in [1.165, 1.54) is 12.3 Å². The number of ketones is 1. The normalized spacial score (nSPS) is 12.1. The van der Waals surface area contributed by atoms with Crippen LogP contribution >= 0.6 is 0 Å². The van der Waals surface area contributed by atoms with E-state index in [0.717, 1.165) is 12.1 Å². The van der Waals surface area contributed by atoms with Gasteiger partial charge in [0.2, 0.25) is 5.78 Å². The fraction of sp³-hybridized carbons (Fsp3) is 0.381. The summed E-state index contributed by atoms with van der Waals surface area (Å²) in [5, 5.41) is 12.0. The predicted molar refractivity (Wildman–Crippen MR) is 107 cm³/mol. The van der Waals surface area contributed by atoms with Gasteiger partial charge in [-0.3, -0.25) is 9.20 Å². The largest absolute Gasteiger partial charge is 0.416 e. The summed E-state index contributed by atoms with van der Waals surface area (Å²) in [7, 11) is 0. The van der Waals surface area contributed by atoms with Gasteiger partial charge in [0.05, 0.1) is 22.8 Å². The molecule has 30 heavy (non-hydrogen) atoms. The molecule has 0 saturated carbocycles. The Morgan fingerprint density at radius 2 is 2.00 bits per heavy atom. The number of carbonyl (C=O) groups is 1. The van der Waals surface area contributed by atoms with Crippen molar-refractivity contribution < 1.29 is 23.1 Å². The molecule has 0 bridgehead atoms. The molecule has 0 saturated heterocycles. The molecular formula is C21H21F3N4O2. The number of alkyl halides is 3. The van der Waals surface area contributed by atoms with Gasteiger partial charge in [0.1, 0.15) is 5.69 Å². The Labute approximate surface area is 171 Å². The van der Waals surface area contributed by atoms with E-state index in [1.54, 1.807) is 25.2 Å². The first-order valence-electron chi connectivity index (χ1n) is 9.32. The quantitative estimate of drug-likeness (QED) is 0.499. The van der Waals surface area contributed by atoms with Crippen molar-refractivity contribution >= 4 is 28.3 Å². The minimum absolute atomic E-state index is 0.0465. The van der Waals surface area contributed by atoms with Crippen LogP contribution in [-0.4, -0.2) is 38.4 Å². The first-order valence-corrected chi connectivity index (χ1v) is 9.32. The van der Waals surface area contributed by atoms with Crippen LogP contribution in [0.4, 0.5) is 19.0 Å². The third-order valence-electron chi connectivity index (χ3n) is 4.36. The van der Waals surface area contributed by atoms with Crippen molar-refractivity contribution in [2.45, 2.75) is 33.4 Å². The third kappa shape index (κ3) is 4.39. The van der Waals surface area contributed by atoms with Gasteiger partial charge in [-0.1, -0.05) is 20.8 Å². The zero-order valence-corrected chi connectivity index (χ0v) is 16.8. The number of nitrogens with one attached hydrogen (secondary N) is 1.